The van der Waals surface area contributed by atoms with Crippen LogP contribution >= 0.6 is 0 Å². The molecule has 3 rings (SSSR count). The molecule has 0 saturated heterocycles. The highest BCUT2D eigenvalue weighted by atomic mass is 19.1. The monoisotopic (exact) mass is 412 g/mol. The molecule has 1 aromatic carbocycles. The third-order valence-corrected chi connectivity index (χ3v) is 7.99. The standard InChI is InChI=1S/C29H45F/c1-2-3-4-7-24-9-11-26(12-10-24)13-14-27-17-21-29(22-18-27)28-19-15-25(16-20-28)8-5-6-23-30/h5,8-12,25,27-29H,2-4,6-7,13-23H2,1H3/t25-,27-,28-,29-. The third-order valence-electron chi connectivity index (χ3n) is 7.99. The van der Waals surface area contributed by atoms with E-state index in [1.807, 2.05) is 0 Å². The van der Waals surface area contributed by atoms with Crippen LogP contribution in [-0.2, 0) is 12.8 Å². The maximum Gasteiger partial charge on any atom is 0.0928 e. The summed E-state index contributed by atoms with van der Waals surface area (Å²) in [5.41, 5.74) is 3.05. The molecular weight excluding hydrogens is 367 g/mol. The second-order valence-electron chi connectivity index (χ2n) is 10.2. The molecule has 0 bridgehead atoms. The predicted octanol–water partition coefficient (Wildman–Crippen LogP) is 8.88. The second kappa shape index (κ2) is 13.3. The lowest BCUT2D eigenvalue weighted by Gasteiger charge is -2.37. The molecule has 2 aliphatic rings. The number of unbranched alkanes of at least 4 members (excludes halogenated alkanes) is 2. The summed E-state index contributed by atoms with van der Waals surface area (Å²) in [4.78, 5) is 0. The zero-order chi connectivity index (χ0) is 21.0. The van der Waals surface area contributed by atoms with Gasteiger partial charge in [0.2, 0.25) is 0 Å². The van der Waals surface area contributed by atoms with Gasteiger partial charge >= 0.3 is 0 Å². The molecule has 2 saturated carbocycles. The normalized spacial score (nSPS) is 27.5. The van der Waals surface area contributed by atoms with E-state index in [1.165, 1.54) is 101 Å². The number of alkyl halides is 1. The van der Waals surface area contributed by atoms with Crippen molar-refractivity contribution in [2.75, 3.05) is 6.67 Å². The van der Waals surface area contributed by atoms with Gasteiger partial charge in [-0.2, -0.15) is 0 Å². The van der Waals surface area contributed by atoms with Crippen LogP contribution in [0.2, 0.25) is 0 Å². The number of hydrogen-bond donors (Lipinski definition) is 0. The third kappa shape index (κ3) is 7.86. The van der Waals surface area contributed by atoms with E-state index in [0.717, 1.165) is 23.7 Å². The summed E-state index contributed by atoms with van der Waals surface area (Å²) < 4.78 is 12.3. The first kappa shape index (κ1) is 23.6. The zero-order valence-corrected chi connectivity index (χ0v) is 19.5. The smallest absolute Gasteiger partial charge is 0.0928 e. The first-order valence-electron chi connectivity index (χ1n) is 13.1. The zero-order valence-electron chi connectivity index (χ0n) is 19.5. The minimum absolute atomic E-state index is 0.209. The maximum absolute atomic E-state index is 12.3. The van der Waals surface area contributed by atoms with Crippen molar-refractivity contribution in [3.05, 3.63) is 47.5 Å². The van der Waals surface area contributed by atoms with E-state index < -0.39 is 0 Å². The van der Waals surface area contributed by atoms with E-state index in [-0.39, 0.29) is 6.67 Å². The number of hydrogen-bond acceptors (Lipinski definition) is 0. The summed E-state index contributed by atoms with van der Waals surface area (Å²) in [5, 5.41) is 0. The summed E-state index contributed by atoms with van der Waals surface area (Å²) in [7, 11) is 0. The number of benzene rings is 1. The van der Waals surface area contributed by atoms with Crippen LogP contribution in [0.4, 0.5) is 4.39 Å². The van der Waals surface area contributed by atoms with Crippen molar-refractivity contribution in [2.45, 2.75) is 103 Å². The van der Waals surface area contributed by atoms with Crippen LogP contribution in [0.5, 0.6) is 0 Å². The molecule has 0 aromatic heterocycles. The van der Waals surface area contributed by atoms with E-state index in [4.69, 9.17) is 0 Å². The molecule has 0 aliphatic heterocycles. The molecule has 30 heavy (non-hydrogen) atoms. The molecule has 0 amide bonds. The Morgan fingerprint density at radius 2 is 1.40 bits per heavy atom. The Bertz CT molecular complexity index is 585. The fourth-order valence-electron chi connectivity index (χ4n) is 5.93. The van der Waals surface area contributed by atoms with Gasteiger partial charge in [0.1, 0.15) is 0 Å². The van der Waals surface area contributed by atoms with Crippen molar-refractivity contribution in [2.24, 2.45) is 23.7 Å². The van der Waals surface area contributed by atoms with Crippen LogP contribution in [0, 0.1) is 23.7 Å². The highest BCUT2D eigenvalue weighted by Crippen LogP contribution is 2.42. The molecule has 1 aromatic rings. The van der Waals surface area contributed by atoms with Crippen molar-refractivity contribution in [1.82, 2.24) is 0 Å². The largest absolute Gasteiger partial charge is 0.251 e. The lowest BCUT2D eigenvalue weighted by Crippen LogP contribution is -2.25. The predicted molar refractivity (Wildman–Crippen MR) is 129 cm³/mol. The maximum atomic E-state index is 12.3. The van der Waals surface area contributed by atoms with Crippen molar-refractivity contribution < 1.29 is 4.39 Å². The molecule has 168 valence electrons. The van der Waals surface area contributed by atoms with Gasteiger partial charge in [-0.15, -0.1) is 0 Å². The van der Waals surface area contributed by atoms with E-state index >= 15 is 0 Å². The van der Waals surface area contributed by atoms with Crippen molar-refractivity contribution >= 4 is 0 Å². The first-order valence-corrected chi connectivity index (χ1v) is 13.1. The molecule has 0 unspecified atom stereocenters. The minimum atomic E-state index is -0.209. The molecule has 0 spiro atoms. The molecular formula is C29H45F. The Morgan fingerprint density at radius 1 is 0.800 bits per heavy atom. The highest BCUT2D eigenvalue weighted by Gasteiger charge is 2.30. The number of halogens is 1. The van der Waals surface area contributed by atoms with Crippen molar-refractivity contribution in [1.29, 1.82) is 0 Å². The van der Waals surface area contributed by atoms with Crippen LogP contribution < -0.4 is 0 Å². The van der Waals surface area contributed by atoms with Gasteiger partial charge in [-0.3, -0.25) is 4.39 Å². The Morgan fingerprint density at radius 3 is 2.00 bits per heavy atom. The SMILES string of the molecule is CCCCCc1ccc(CC[C@H]2CC[C@H]([C@H]3CC[C@H](C=CCCF)CC3)CC2)cc1. The Labute approximate surface area is 185 Å². The fraction of sp³-hybridized carbons (Fsp3) is 0.724. The Hall–Kier alpha value is -1.11. The van der Waals surface area contributed by atoms with E-state index in [0.29, 0.717) is 6.42 Å². The lowest BCUT2D eigenvalue weighted by atomic mass is 9.68. The van der Waals surface area contributed by atoms with Gasteiger partial charge in [0, 0.05) is 0 Å². The molecule has 0 nitrogen and oxygen atoms in total. The van der Waals surface area contributed by atoms with Crippen LogP contribution in [-0.4, -0.2) is 6.67 Å². The molecule has 0 radical (unpaired) electrons. The first-order chi connectivity index (χ1) is 14.8. The molecule has 0 N–H and O–H groups in total. The van der Waals surface area contributed by atoms with E-state index in [2.05, 4.69) is 43.3 Å². The molecule has 0 atom stereocenters. The van der Waals surface area contributed by atoms with Crippen LogP contribution in [0.15, 0.2) is 36.4 Å². The van der Waals surface area contributed by atoms with Gasteiger partial charge in [0.15, 0.2) is 0 Å². The average Bonchev–Trinajstić information content (AvgIpc) is 2.80. The Kier molecular flexibility index (Phi) is 10.5. The highest BCUT2D eigenvalue weighted by molar-refractivity contribution is 5.22. The topological polar surface area (TPSA) is 0 Å². The van der Waals surface area contributed by atoms with Gasteiger partial charge in [-0.1, -0.05) is 69.0 Å². The minimum Gasteiger partial charge on any atom is -0.251 e. The van der Waals surface area contributed by atoms with Crippen LogP contribution in [0.25, 0.3) is 0 Å². The van der Waals surface area contributed by atoms with Gasteiger partial charge in [-0.25, -0.2) is 0 Å². The number of rotatable bonds is 11. The average molecular weight is 413 g/mol. The molecule has 1 heteroatoms. The molecule has 2 fully saturated rings. The van der Waals surface area contributed by atoms with Crippen LogP contribution in [0.1, 0.15) is 102 Å². The molecule has 2 aliphatic carbocycles. The van der Waals surface area contributed by atoms with Crippen molar-refractivity contribution in [3.63, 3.8) is 0 Å². The summed E-state index contributed by atoms with van der Waals surface area (Å²) in [5.74, 6) is 3.63. The fourth-order valence-corrected chi connectivity index (χ4v) is 5.93. The summed E-state index contributed by atoms with van der Waals surface area (Å²) in [6, 6.07) is 9.50. The Balaban J connectivity index is 1.31. The summed E-state index contributed by atoms with van der Waals surface area (Å²) in [6.07, 6.45) is 24.2. The molecule has 0 heterocycles. The summed E-state index contributed by atoms with van der Waals surface area (Å²) >= 11 is 0. The van der Waals surface area contributed by atoms with Gasteiger partial charge in [-0.05, 0) is 105 Å². The second-order valence-corrected chi connectivity index (χ2v) is 10.2. The van der Waals surface area contributed by atoms with E-state index in [1.54, 1.807) is 0 Å². The lowest BCUT2D eigenvalue weighted by molar-refractivity contribution is 0.152. The number of allylic oxidation sites excluding steroid dienone is 2. The quantitative estimate of drug-likeness (QED) is 0.251. The van der Waals surface area contributed by atoms with Crippen molar-refractivity contribution in [3.8, 4) is 0 Å². The number of aryl methyl sites for hydroxylation is 2. The van der Waals surface area contributed by atoms with Gasteiger partial charge in [0.05, 0.1) is 6.67 Å². The van der Waals surface area contributed by atoms with Gasteiger partial charge in [0.25, 0.3) is 0 Å². The van der Waals surface area contributed by atoms with Gasteiger partial charge < -0.3 is 0 Å². The summed E-state index contributed by atoms with van der Waals surface area (Å²) in [6.45, 7) is 2.07. The van der Waals surface area contributed by atoms with Crippen LogP contribution in [0.3, 0.4) is 0 Å². The van der Waals surface area contributed by atoms with E-state index in [9.17, 15) is 4.39 Å².